The van der Waals surface area contributed by atoms with Crippen molar-refractivity contribution in [1.82, 2.24) is 0 Å². The molecule has 0 spiro atoms. The third-order valence-electron chi connectivity index (χ3n) is 5.61. The average molecular weight is 623 g/mol. The van der Waals surface area contributed by atoms with Gasteiger partial charge in [0.1, 0.15) is 12.2 Å². The molecule has 1 fully saturated rings. The Bertz CT molecular complexity index is 1050. The van der Waals surface area contributed by atoms with Gasteiger partial charge in [-0.3, -0.25) is 28.0 Å². The number of hydrogen-bond acceptors (Lipinski definition) is 12. The fourth-order valence-corrected chi connectivity index (χ4v) is 6.25. The molecule has 0 amide bonds. The number of aromatic nitrogens is 1. The largest absolute Gasteiger partial charge is 0.474 e. The molecule has 2 rings (SSSR count). The van der Waals surface area contributed by atoms with Crippen molar-refractivity contribution in [2.75, 3.05) is 31.3 Å². The van der Waals surface area contributed by atoms with Crippen LogP contribution in [0.25, 0.3) is 0 Å². The first-order chi connectivity index (χ1) is 18.4. The van der Waals surface area contributed by atoms with Crippen LogP contribution in [0.4, 0.5) is 0 Å². The van der Waals surface area contributed by atoms with Gasteiger partial charge in [-0.15, -0.1) is 0 Å². The Morgan fingerprint density at radius 2 is 1.48 bits per heavy atom. The monoisotopic (exact) mass is 622 g/mol. The van der Waals surface area contributed by atoms with Crippen molar-refractivity contribution in [2.24, 2.45) is 10.8 Å². The van der Waals surface area contributed by atoms with Gasteiger partial charge in [-0.25, -0.2) is 4.57 Å². The van der Waals surface area contributed by atoms with E-state index in [2.05, 4.69) is 0 Å². The summed E-state index contributed by atoms with van der Waals surface area (Å²) in [5.41, 5.74) is -0.703. The second-order valence-electron chi connectivity index (χ2n) is 11.3. The zero-order valence-electron chi connectivity index (χ0n) is 24.0. The summed E-state index contributed by atoms with van der Waals surface area (Å²) in [7, 11) is -4.21. The highest BCUT2D eigenvalue weighted by molar-refractivity contribution is 8.14. The SMILES string of the molecule is CC(=O)c1ccc[n+]([C@@H]2O[C@H](COP(=O)(OCCSC(=O)C(C)(C)C)OCCSC(=O)C(C)(C)C)C(O)[C@@H]2O)c1. The lowest BCUT2D eigenvalue weighted by Crippen LogP contribution is -2.46. The maximum absolute atomic E-state index is 13.4. The number of phosphoric ester groups is 1. The summed E-state index contributed by atoms with van der Waals surface area (Å²) in [5, 5.41) is 21.1. The number of ether oxygens (including phenoxy) is 1. The van der Waals surface area contributed by atoms with Crippen LogP contribution in [-0.4, -0.2) is 75.9 Å². The number of ketones is 1. The van der Waals surface area contributed by atoms with Crippen LogP contribution in [0.2, 0.25) is 0 Å². The molecule has 1 saturated heterocycles. The highest BCUT2D eigenvalue weighted by Crippen LogP contribution is 2.50. The summed E-state index contributed by atoms with van der Waals surface area (Å²) < 4.78 is 37.0. The summed E-state index contributed by atoms with van der Waals surface area (Å²) in [6.07, 6.45) is -1.79. The highest BCUT2D eigenvalue weighted by atomic mass is 32.2. The van der Waals surface area contributed by atoms with E-state index in [4.69, 9.17) is 18.3 Å². The number of aliphatic hydroxyl groups excluding tert-OH is 2. The van der Waals surface area contributed by atoms with Crippen molar-refractivity contribution in [2.45, 2.75) is 73.0 Å². The van der Waals surface area contributed by atoms with Crippen LogP contribution in [0.1, 0.15) is 65.1 Å². The van der Waals surface area contributed by atoms with Crippen LogP contribution < -0.4 is 4.57 Å². The molecule has 1 aliphatic heterocycles. The lowest BCUT2D eigenvalue weighted by molar-refractivity contribution is -0.765. The molecule has 0 saturated carbocycles. The van der Waals surface area contributed by atoms with Crippen molar-refractivity contribution >= 4 is 47.4 Å². The Morgan fingerprint density at radius 1 is 0.950 bits per heavy atom. The van der Waals surface area contributed by atoms with Crippen LogP contribution in [0.5, 0.6) is 0 Å². The topological polar surface area (TPSA) is 150 Å². The van der Waals surface area contributed by atoms with Crippen LogP contribution in [0, 0.1) is 10.8 Å². The first-order valence-electron chi connectivity index (χ1n) is 12.9. The van der Waals surface area contributed by atoms with E-state index in [1.165, 1.54) is 17.7 Å². The minimum atomic E-state index is -4.21. The van der Waals surface area contributed by atoms with Crippen LogP contribution in [0.3, 0.4) is 0 Å². The summed E-state index contributed by atoms with van der Waals surface area (Å²) in [5.74, 6) is 0.231. The molecule has 40 heavy (non-hydrogen) atoms. The molecule has 0 radical (unpaired) electrons. The molecule has 1 aromatic heterocycles. The van der Waals surface area contributed by atoms with Crippen molar-refractivity contribution < 1.29 is 52.0 Å². The Hall–Kier alpha value is -1.15. The molecular weight excluding hydrogens is 581 g/mol. The average Bonchev–Trinajstić information content (AvgIpc) is 3.15. The van der Waals surface area contributed by atoms with Crippen LogP contribution in [0.15, 0.2) is 24.5 Å². The van der Waals surface area contributed by atoms with E-state index >= 15 is 0 Å². The van der Waals surface area contributed by atoms with E-state index in [0.717, 1.165) is 23.5 Å². The zero-order valence-corrected chi connectivity index (χ0v) is 26.6. The van der Waals surface area contributed by atoms with Gasteiger partial charge in [0.25, 0.3) is 6.23 Å². The zero-order chi connectivity index (χ0) is 30.3. The number of carbonyl (C=O) groups is 3. The number of thioether (sulfide) groups is 2. The number of phosphoric acid groups is 1. The van der Waals surface area contributed by atoms with Gasteiger partial charge in [-0.05, 0) is 13.0 Å². The smallest absolute Gasteiger partial charge is 0.387 e. The summed E-state index contributed by atoms with van der Waals surface area (Å²) in [6, 6.07) is 3.23. The predicted molar refractivity (Wildman–Crippen MR) is 152 cm³/mol. The minimum Gasteiger partial charge on any atom is -0.387 e. The fourth-order valence-electron chi connectivity index (χ4n) is 3.25. The third kappa shape index (κ3) is 10.6. The summed E-state index contributed by atoms with van der Waals surface area (Å²) >= 11 is 2.07. The van der Waals surface area contributed by atoms with E-state index in [0.29, 0.717) is 5.56 Å². The Labute approximate surface area is 244 Å². The standard InChI is InChI=1S/C26H41NO10PS2/c1-17(28)18-9-8-10-27(15-18)22-21(30)20(29)19(37-22)16-36-38(33,34-11-13-39-23(31)25(2,3)4)35-12-14-40-24(32)26(5,6)7/h8-10,15,19-22,29-30H,11-14,16H2,1-7H3/q+1/t19-,20?,21+,22-/m1/s1. The Balaban J connectivity index is 2.04. The van der Waals surface area contributed by atoms with Crippen molar-refractivity contribution in [3.8, 4) is 0 Å². The Morgan fingerprint density at radius 3 is 1.95 bits per heavy atom. The molecule has 0 aromatic carbocycles. The normalized spacial score (nSPS) is 21.9. The Kier molecular flexibility index (Phi) is 13.0. The maximum atomic E-state index is 13.4. The van der Waals surface area contributed by atoms with E-state index in [1.54, 1.807) is 59.9 Å². The van der Waals surface area contributed by atoms with Gasteiger partial charge in [0.15, 0.2) is 34.5 Å². The number of carbonyl (C=O) groups excluding carboxylic acids is 3. The minimum absolute atomic E-state index is 0.0567. The van der Waals surface area contributed by atoms with Crippen molar-refractivity contribution in [1.29, 1.82) is 0 Å². The number of rotatable bonds is 13. The van der Waals surface area contributed by atoms with Crippen LogP contribution >= 0.6 is 31.3 Å². The van der Waals surface area contributed by atoms with Crippen LogP contribution in [-0.2, 0) is 32.5 Å². The van der Waals surface area contributed by atoms with E-state index in [9.17, 15) is 29.2 Å². The third-order valence-corrected chi connectivity index (χ3v) is 9.57. The lowest BCUT2D eigenvalue weighted by atomic mass is 9.99. The molecule has 0 bridgehead atoms. The van der Waals surface area contributed by atoms with Gasteiger partial charge in [-0.1, -0.05) is 65.1 Å². The number of pyridine rings is 1. The van der Waals surface area contributed by atoms with E-state index < -0.39 is 49.8 Å². The maximum Gasteiger partial charge on any atom is 0.474 e. The fraction of sp³-hybridized carbons (Fsp3) is 0.692. The lowest BCUT2D eigenvalue weighted by Gasteiger charge is -2.21. The van der Waals surface area contributed by atoms with E-state index in [-0.39, 0.29) is 40.7 Å². The predicted octanol–water partition coefficient (Wildman–Crippen LogP) is 3.57. The molecule has 11 nitrogen and oxygen atoms in total. The van der Waals surface area contributed by atoms with Gasteiger partial charge < -0.3 is 14.9 Å². The summed E-state index contributed by atoms with van der Waals surface area (Å²) in [4.78, 5) is 36.1. The molecule has 2 heterocycles. The molecule has 14 heteroatoms. The van der Waals surface area contributed by atoms with Gasteiger partial charge in [0.05, 0.1) is 25.4 Å². The van der Waals surface area contributed by atoms with Gasteiger partial charge in [-0.2, -0.15) is 4.57 Å². The molecule has 0 aliphatic carbocycles. The molecule has 1 aliphatic rings. The molecule has 2 N–H and O–H groups in total. The molecular formula is C26H41NO10PS2+. The molecule has 1 aromatic rings. The highest BCUT2D eigenvalue weighted by Gasteiger charge is 2.49. The van der Waals surface area contributed by atoms with Gasteiger partial charge in [0, 0.05) is 28.4 Å². The van der Waals surface area contributed by atoms with Crippen molar-refractivity contribution in [3.63, 3.8) is 0 Å². The molecule has 226 valence electrons. The first-order valence-corrected chi connectivity index (χ1v) is 16.3. The number of aliphatic hydroxyl groups is 2. The number of hydrogen-bond donors (Lipinski definition) is 2. The van der Waals surface area contributed by atoms with Gasteiger partial charge >= 0.3 is 7.82 Å². The van der Waals surface area contributed by atoms with Gasteiger partial charge in [0.2, 0.25) is 0 Å². The summed E-state index contributed by atoms with van der Waals surface area (Å²) in [6.45, 7) is 11.5. The second kappa shape index (κ2) is 14.8. The quantitative estimate of drug-likeness (QED) is 0.143. The van der Waals surface area contributed by atoms with Crippen molar-refractivity contribution in [3.05, 3.63) is 30.1 Å². The first kappa shape index (κ1) is 35.0. The number of Topliss-reactive ketones (excluding diaryl/α,β-unsaturated/α-hetero) is 1. The molecule has 1 unspecified atom stereocenters. The molecule has 4 atom stereocenters. The second-order valence-corrected chi connectivity index (χ2v) is 15.1. The number of nitrogens with zero attached hydrogens (tertiary/aromatic N) is 1. The van der Waals surface area contributed by atoms with E-state index in [1.807, 2.05) is 0 Å².